The molecule has 0 unspecified atom stereocenters. The van der Waals surface area contributed by atoms with E-state index in [0.717, 1.165) is 0 Å². The van der Waals surface area contributed by atoms with Gasteiger partial charge in [-0.05, 0) is 19.1 Å². The number of hydrogen-bond donors (Lipinski definition) is 1. The van der Waals surface area contributed by atoms with Crippen molar-refractivity contribution < 1.29 is 31.1 Å². The van der Waals surface area contributed by atoms with Crippen LogP contribution >= 0.6 is 11.6 Å². The normalized spacial score (nSPS) is 12.1. The van der Waals surface area contributed by atoms with Gasteiger partial charge in [0.15, 0.2) is 25.8 Å². The van der Waals surface area contributed by atoms with Gasteiger partial charge in [0.1, 0.15) is 0 Å². The quantitative estimate of drug-likeness (QED) is 0.449. The van der Waals surface area contributed by atoms with Crippen molar-refractivity contribution in [3.05, 3.63) is 46.5 Å². The maximum atomic E-state index is 13.1. The zero-order chi connectivity index (χ0) is 25.3. The highest BCUT2D eigenvalue weighted by Crippen LogP contribution is 2.31. The first-order chi connectivity index (χ1) is 15.9. The molecule has 3 aromatic heterocycles. The van der Waals surface area contributed by atoms with Crippen LogP contribution in [0.4, 0.5) is 19.0 Å². The first-order valence-electron chi connectivity index (χ1n) is 9.87. The first kappa shape index (κ1) is 25.5. The monoisotopic (exact) mass is 520 g/mol. The second-order valence-corrected chi connectivity index (χ2v) is 9.48. The maximum Gasteiger partial charge on any atom is 0.417 e. The van der Waals surface area contributed by atoms with Gasteiger partial charge in [0.05, 0.1) is 35.7 Å². The number of halogens is 4. The summed E-state index contributed by atoms with van der Waals surface area (Å²) in [6.45, 7) is 2.59. The van der Waals surface area contributed by atoms with Crippen LogP contribution in [0.1, 0.15) is 35.5 Å². The summed E-state index contributed by atoms with van der Waals surface area (Å²) < 4.78 is 72.3. The van der Waals surface area contributed by atoms with Gasteiger partial charge in [0, 0.05) is 19.4 Å². The topological polar surface area (TPSA) is 121 Å². The summed E-state index contributed by atoms with van der Waals surface area (Å²) in [6, 6.07) is 2.12. The van der Waals surface area contributed by atoms with Crippen LogP contribution in [0.15, 0.2) is 29.6 Å². The van der Waals surface area contributed by atoms with Gasteiger partial charge in [0.2, 0.25) is 5.95 Å². The molecule has 15 heteroatoms. The molecule has 0 saturated carbocycles. The zero-order valence-corrected chi connectivity index (χ0v) is 19.8. The molecule has 0 amide bonds. The highest BCUT2D eigenvalue weighted by atomic mass is 35.5. The van der Waals surface area contributed by atoms with Crippen LogP contribution in [-0.4, -0.2) is 51.1 Å². The molecule has 0 radical (unpaired) electrons. The van der Waals surface area contributed by atoms with Gasteiger partial charge in [-0.15, -0.1) is 0 Å². The molecule has 0 saturated heterocycles. The molecule has 3 rings (SSSR count). The van der Waals surface area contributed by atoms with Crippen LogP contribution in [0.5, 0.6) is 0 Å². The summed E-state index contributed by atoms with van der Waals surface area (Å²) in [5.41, 5.74) is -1.61. The fraction of sp³-hybridized carbons (Fsp3) is 0.368. The molecule has 0 aliphatic heterocycles. The Labute approximate surface area is 197 Å². The van der Waals surface area contributed by atoms with Crippen molar-refractivity contribution in [2.24, 2.45) is 7.05 Å². The number of nitrogens with zero attached hydrogens (tertiary/aromatic N) is 5. The Morgan fingerprint density at radius 3 is 2.56 bits per heavy atom. The van der Waals surface area contributed by atoms with E-state index in [-0.39, 0.29) is 46.5 Å². The number of anilines is 1. The lowest BCUT2D eigenvalue weighted by Crippen LogP contribution is -2.17. The van der Waals surface area contributed by atoms with E-state index in [9.17, 15) is 26.4 Å². The number of pyridine rings is 1. The Kier molecular flexibility index (Phi) is 7.21. The molecular formula is C19H20ClF3N6O4S. The number of carbonyl (C=O) groups is 1. The van der Waals surface area contributed by atoms with Crippen molar-refractivity contribution in [3.63, 3.8) is 0 Å². The number of nitrogens with one attached hydrogen (secondary N) is 1. The van der Waals surface area contributed by atoms with E-state index in [1.54, 1.807) is 0 Å². The van der Waals surface area contributed by atoms with Crippen LogP contribution in [0.25, 0.3) is 5.95 Å². The molecule has 0 aliphatic carbocycles. The highest BCUT2D eigenvalue weighted by Gasteiger charge is 2.33. The Hall–Kier alpha value is -3.13. The van der Waals surface area contributed by atoms with Gasteiger partial charge in [-0.25, -0.2) is 17.9 Å². The SMILES string of the molecule is CCOC(=O)c1cc(C(F)(F)F)cnc1CNc1nc(-n2ccc(Cl)n2)n(C)c1S(=O)(=O)CC. The number of sulfone groups is 1. The molecule has 3 heterocycles. The number of hydrogen-bond acceptors (Lipinski definition) is 8. The van der Waals surface area contributed by atoms with E-state index in [4.69, 9.17) is 16.3 Å². The third-order valence-electron chi connectivity index (χ3n) is 4.67. The number of rotatable bonds is 8. The summed E-state index contributed by atoms with van der Waals surface area (Å²) in [6.07, 6.45) is -2.66. The second kappa shape index (κ2) is 9.62. The average Bonchev–Trinajstić information content (AvgIpc) is 3.34. The predicted molar refractivity (Wildman–Crippen MR) is 116 cm³/mol. The second-order valence-electron chi connectivity index (χ2n) is 6.90. The summed E-state index contributed by atoms with van der Waals surface area (Å²) in [7, 11) is -2.34. The molecule has 0 bridgehead atoms. The standard InChI is InChI=1S/C19H20ClF3N6O4S/c1-4-33-17(30)12-8-11(19(21,22)23)9-24-13(12)10-25-15-16(34(31,32)5-2)28(3)18(26-15)29-7-6-14(20)27-29/h6-9,25H,4-5,10H2,1-3H3. The van der Waals surface area contributed by atoms with Crippen molar-refractivity contribution in [3.8, 4) is 5.95 Å². The summed E-state index contributed by atoms with van der Waals surface area (Å²) >= 11 is 5.85. The Morgan fingerprint density at radius 1 is 1.29 bits per heavy atom. The van der Waals surface area contributed by atoms with E-state index >= 15 is 0 Å². The molecule has 1 N–H and O–H groups in total. The third-order valence-corrected chi connectivity index (χ3v) is 6.69. The van der Waals surface area contributed by atoms with Crippen LogP contribution < -0.4 is 5.32 Å². The van der Waals surface area contributed by atoms with Gasteiger partial charge < -0.3 is 14.6 Å². The molecule has 0 atom stereocenters. The fourth-order valence-electron chi connectivity index (χ4n) is 3.04. The molecule has 0 aromatic carbocycles. The van der Waals surface area contributed by atoms with E-state index < -0.39 is 33.1 Å². The minimum absolute atomic E-state index is 0.0587. The molecule has 0 fully saturated rings. The Bertz CT molecular complexity index is 1320. The van der Waals surface area contributed by atoms with Crippen molar-refractivity contribution in [2.75, 3.05) is 17.7 Å². The van der Waals surface area contributed by atoms with Crippen LogP contribution in [0.2, 0.25) is 5.15 Å². The van der Waals surface area contributed by atoms with Crippen LogP contribution in [0.3, 0.4) is 0 Å². The molecular weight excluding hydrogens is 501 g/mol. The Balaban J connectivity index is 2.04. The zero-order valence-electron chi connectivity index (χ0n) is 18.2. The molecule has 10 nitrogen and oxygen atoms in total. The fourth-order valence-corrected chi connectivity index (χ4v) is 4.36. The van der Waals surface area contributed by atoms with Crippen molar-refractivity contribution in [1.29, 1.82) is 0 Å². The minimum atomic E-state index is -4.72. The number of carbonyl (C=O) groups excluding carboxylic acids is 1. The van der Waals surface area contributed by atoms with Crippen molar-refractivity contribution in [1.82, 2.24) is 24.3 Å². The smallest absolute Gasteiger partial charge is 0.417 e. The van der Waals surface area contributed by atoms with E-state index in [0.29, 0.717) is 12.3 Å². The third kappa shape index (κ3) is 5.17. The van der Waals surface area contributed by atoms with E-state index in [1.807, 2.05) is 0 Å². The number of alkyl halides is 3. The van der Waals surface area contributed by atoms with Gasteiger partial charge in [0.25, 0.3) is 0 Å². The lowest BCUT2D eigenvalue weighted by molar-refractivity contribution is -0.137. The van der Waals surface area contributed by atoms with Crippen molar-refractivity contribution >= 4 is 33.2 Å². The average molecular weight is 521 g/mol. The number of aromatic nitrogens is 5. The van der Waals surface area contributed by atoms with Crippen molar-refractivity contribution in [2.45, 2.75) is 31.6 Å². The highest BCUT2D eigenvalue weighted by molar-refractivity contribution is 7.91. The minimum Gasteiger partial charge on any atom is -0.462 e. The molecule has 34 heavy (non-hydrogen) atoms. The van der Waals surface area contributed by atoms with E-state index in [2.05, 4.69) is 20.4 Å². The summed E-state index contributed by atoms with van der Waals surface area (Å²) in [4.78, 5) is 20.3. The lowest BCUT2D eigenvalue weighted by Gasteiger charge is -2.13. The lowest BCUT2D eigenvalue weighted by atomic mass is 10.1. The summed E-state index contributed by atoms with van der Waals surface area (Å²) in [5, 5.41) is 6.75. The van der Waals surface area contributed by atoms with Gasteiger partial charge in [-0.1, -0.05) is 18.5 Å². The number of esters is 1. The summed E-state index contributed by atoms with van der Waals surface area (Å²) in [5.74, 6) is -1.21. The molecule has 184 valence electrons. The number of imidazole rings is 1. The predicted octanol–water partition coefficient (Wildman–Crippen LogP) is 3.26. The van der Waals surface area contributed by atoms with Crippen LogP contribution in [0, 0.1) is 0 Å². The van der Waals surface area contributed by atoms with Gasteiger partial charge in [-0.2, -0.15) is 23.3 Å². The number of ether oxygens (including phenoxy) is 1. The Morgan fingerprint density at radius 2 is 2.00 bits per heavy atom. The first-order valence-corrected chi connectivity index (χ1v) is 11.9. The van der Waals surface area contributed by atoms with Gasteiger partial charge in [-0.3, -0.25) is 4.98 Å². The van der Waals surface area contributed by atoms with Crippen LogP contribution in [-0.2, 0) is 34.3 Å². The largest absolute Gasteiger partial charge is 0.462 e. The van der Waals surface area contributed by atoms with Gasteiger partial charge >= 0.3 is 12.1 Å². The maximum absolute atomic E-state index is 13.1. The van der Waals surface area contributed by atoms with E-state index in [1.165, 1.54) is 42.4 Å². The molecule has 0 aliphatic rings. The molecule has 3 aromatic rings. The molecule has 0 spiro atoms.